The Morgan fingerprint density at radius 1 is 1.31 bits per heavy atom. The van der Waals surface area contributed by atoms with Gasteiger partial charge in [0.2, 0.25) is 0 Å². The largest absolute Gasteiger partial charge is 0.390 e. The van der Waals surface area contributed by atoms with Gasteiger partial charge < -0.3 is 15.1 Å². The highest BCUT2D eigenvalue weighted by molar-refractivity contribution is 6.17. The number of anilines is 1. The first-order chi connectivity index (χ1) is 7.56. The molecule has 0 fully saturated rings. The van der Waals surface area contributed by atoms with Gasteiger partial charge >= 0.3 is 0 Å². The number of aliphatic hydroxyl groups excluding tert-OH is 2. The molecular weight excluding hydrogens is 226 g/mol. The van der Waals surface area contributed by atoms with Gasteiger partial charge in [-0.2, -0.15) is 0 Å². The molecule has 16 heavy (non-hydrogen) atoms. The topological polar surface area (TPSA) is 43.7 Å². The molecule has 3 nitrogen and oxygen atoms in total. The Morgan fingerprint density at radius 3 is 2.56 bits per heavy atom. The van der Waals surface area contributed by atoms with E-state index in [4.69, 9.17) is 11.6 Å². The Bertz CT molecular complexity index is 331. The molecule has 0 aliphatic rings. The number of hydrogen-bond donors (Lipinski definition) is 2. The van der Waals surface area contributed by atoms with Gasteiger partial charge in [-0.15, -0.1) is 11.6 Å². The maximum Gasteiger partial charge on any atom is 0.105 e. The van der Waals surface area contributed by atoms with Crippen LogP contribution in [0.25, 0.3) is 0 Å². The van der Waals surface area contributed by atoms with Gasteiger partial charge in [-0.3, -0.25) is 0 Å². The smallest absolute Gasteiger partial charge is 0.105 e. The lowest BCUT2D eigenvalue weighted by molar-refractivity contribution is 0.0170. The van der Waals surface area contributed by atoms with E-state index in [1.54, 1.807) is 6.07 Å². The van der Waals surface area contributed by atoms with Crippen molar-refractivity contribution >= 4 is 17.3 Å². The number of rotatable bonds is 5. The monoisotopic (exact) mass is 243 g/mol. The molecule has 2 unspecified atom stereocenters. The highest BCUT2D eigenvalue weighted by atomic mass is 35.5. The van der Waals surface area contributed by atoms with E-state index in [0.717, 1.165) is 5.69 Å². The van der Waals surface area contributed by atoms with Crippen LogP contribution in [0, 0.1) is 0 Å². The van der Waals surface area contributed by atoms with Crippen LogP contribution in [0.5, 0.6) is 0 Å². The lowest BCUT2D eigenvalue weighted by Crippen LogP contribution is -2.19. The van der Waals surface area contributed by atoms with E-state index in [1.165, 1.54) is 0 Å². The molecule has 0 aliphatic carbocycles. The number of aliphatic hydroxyl groups is 2. The molecule has 2 N–H and O–H groups in total. The van der Waals surface area contributed by atoms with Crippen molar-refractivity contribution in [2.45, 2.75) is 18.6 Å². The van der Waals surface area contributed by atoms with Crippen LogP contribution in [0.4, 0.5) is 5.69 Å². The van der Waals surface area contributed by atoms with Crippen LogP contribution in [0.1, 0.15) is 18.1 Å². The Kier molecular flexibility index (Phi) is 5.06. The third kappa shape index (κ3) is 3.37. The third-order valence-electron chi connectivity index (χ3n) is 2.50. The van der Waals surface area contributed by atoms with Gasteiger partial charge in [0.05, 0.1) is 6.10 Å². The van der Waals surface area contributed by atoms with Crippen molar-refractivity contribution < 1.29 is 10.2 Å². The zero-order valence-corrected chi connectivity index (χ0v) is 10.4. The van der Waals surface area contributed by atoms with E-state index in [9.17, 15) is 10.2 Å². The first kappa shape index (κ1) is 13.3. The van der Waals surface area contributed by atoms with E-state index >= 15 is 0 Å². The van der Waals surface area contributed by atoms with Crippen LogP contribution < -0.4 is 4.90 Å². The lowest BCUT2D eigenvalue weighted by Gasteiger charge is -2.19. The van der Waals surface area contributed by atoms with E-state index in [2.05, 4.69) is 0 Å². The molecule has 0 bridgehead atoms. The molecule has 0 saturated heterocycles. The van der Waals surface area contributed by atoms with Crippen molar-refractivity contribution in [3.05, 3.63) is 29.8 Å². The molecule has 1 aromatic carbocycles. The summed E-state index contributed by atoms with van der Waals surface area (Å²) in [5, 5.41) is 19.6. The highest BCUT2D eigenvalue weighted by Gasteiger charge is 2.17. The molecule has 90 valence electrons. The van der Waals surface area contributed by atoms with Crippen LogP contribution in [0.2, 0.25) is 0 Å². The van der Waals surface area contributed by atoms with Gasteiger partial charge in [-0.05, 0) is 24.1 Å². The maximum absolute atomic E-state index is 9.90. The van der Waals surface area contributed by atoms with E-state index in [-0.39, 0.29) is 0 Å². The molecule has 0 heterocycles. The summed E-state index contributed by atoms with van der Waals surface area (Å²) in [6.07, 6.45) is -1.30. The van der Waals surface area contributed by atoms with Crippen molar-refractivity contribution in [3.63, 3.8) is 0 Å². The summed E-state index contributed by atoms with van der Waals surface area (Å²) in [6, 6.07) is 7.47. The fourth-order valence-corrected chi connectivity index (χ4v) is 1.70. The first-order valence-corrected chi connectivity index (χ1v) is 5.79. The first-order valence-electron chi connectivity index (χ1n) is 5.25. The molecule has 0 amide bonds. The van der Waals surface area contributed by atoms with Crippen LogP contribution in [-0.4, -0.2) is 36.3 Å². The fourth-order valence-electron chi connectivity index (χ4n) is 1.48. The molecule has 0 aliphatic heterocycles. The summed E-state index contributed by atoms with van der Waals surface area (Å²) >= 11 is 5.53. The number of hydrogen-bond acceptors (Lipinski definition) is 3. The number of nitrogens with zero attached hydrogens (tertiary/aromatic N) is 1. The van der Waals surface area contributed by atoms with Crippen molar-refractivity contribution in [1.82, 2.24) is 0 Å². The summed E-state index contributed by atoms with van der Waals surface area (Å²) in [5.41, 5.74) is 1.71. The second kappa shape index (κ2) is 6.09. The van der Waals surface area contributed by atoms with Crippen LogP contribution in [-0.2, 0) is 0 Å². The minimum Gasteiger partial charge on any atom is -0.390 e. The van der Waals surface area contributed by atoms with Gasteiger partial charge in [0.15, 0.2) is 0 Å². The van der Waals surface area contributed by atoms with Crippen LogP contribution in [0.3, 0.4) is 0 Å². The summed E-state index contributed by atoms with van der Waals surface area (Å²) in [5.74, 6) is 0.339. The maximum atomic E-state index is 9.90. The van der Waals surface area contributed by atoms with Gasteiger partial charge in [0, 0.05) is 25.7 Å². The molecule has 4 heteroatoms. The Hall–Kier alpha value is -0.770. The second-order valence-corrected chi connectivity index (χ2v) is 4.36. The molecule has 0 radical (unpaired) electrons. The molecule has 0 spiro atoms. The predicted octanol–water partition coefficient (Wildman–Crippen LogP) is 1.78. The molecular formula is C12H18ClNO2. The summed E-state index contributed by atoms with van der Waals surface area (Å²) in [6.45, 7) is 0. The van der Waals surface area contributed by atoms with Gasteiger partial charge in [-0.1, -0.05) is 12.1 Å². The SMILES string of the molecule is CN(C)c1cccc(C(O)C(O)CCCl)c1. The van der Waals surface area contributed by atoms with Gasteiger partial charge in [0.25, 0.3) is 0 Å². The van der Waals surface area contributed by atoms with Crippen molar-refractivity contribution in [3.8, 4) is 0 Å². The quantitative estimate of drug-likeness (QED) is 0.775. The van der Waals surface area contributed by atoms with Crippen molar-refractivity contribution in [1.29, 1.82) is 0 Å². The average Bonchev–Trinajstić information content (AvgIpc) is 2.28. The van der Waals surface area contributed by atoms with E-state index in [1.807, 2.05) is 37.2 Å². The molecule has 1 rings (SSSR count). The zero-order chi connectivity index (χ0) is 12.1. The number of benzene rings is 1. The predicted molar refractivity (Wildman–Crippen MR) is 67.1 cm³/mol. The molecule has 2 atom stereocenters. The Labute approximate surface area is 101 Å². The second-order valence-electron chi connectivity index (χ2n) is 3.98. The van der Waals surface area contributed by atoms with Crippen molar-refractivity contribution in [2.24, 2.45) is 0 Å². The summed E-state index contributed by atoms with van der Waals surface area (Å²) < 4.78 is 0. The molecule has 0 saturated carbocycles. The standard InChI is InChI=1S/C12H18ClNO2/c1-14(2)10-5-3-4-9(8-10)12(16)11(15)6-7-13/h3-5,8,11-12,15-16H,6-7H2,1-2H3. The molecule has 1 aromatic rings. The van der Waals surface area contributed by atoms with Crippen molar-refractivity contribution in [2.75, 3.05) is 24.9 Å². The lowest BCUT2D eigenvalue weighted by atomic mass is 10.0. The minimum atomic E-state index is -0.876. The number of halogens is 1. The highest BCUT2D eigenvalue weighted by Crippen LogP contribution is 2.23. The molecule has 0 aromatic heterocycles. The van der Waals surface area contributed by atoms with Crippen LogP contribution in [0.15, 0.2) is 24.3 Å². The summed E-state index contributed by atoms with van der Waals surface area (Å²) in [7, 11) is 3.86. The Morgan fingerprint density at radius 2 is 2.00 bits per heavy atom. The van der Waals surface area contributed by atoms with Crippen LogP contribution >= 0.6 is 11.6 Å². The summed E-state index contributed by atoms with van der Waals surface area (Å²) in [4.78, 5) is 1.95. The minimum absolute atomic E-state index is 0.339. The fraction of sp³-hybridized carbons (Fsp3) is 0.500. The normalized spacial score (nSPS) is 14.6. The Balaban J connectivity index is 2.82. The van der Waals surface area contributed by atoms with E-state index in [0.29, 0.717) is 17.9 Å². The van der Waals surface area contributed by atoms with Gasteiger partial charge in [0.1, 0.15) is 6.10 Å². The average molecular weight is 244 g/mol. The third-order valence-corrected chi connectivity index (χ3v) is 2.72. The number of alkyl halides is 1. The van der Waals surface area contributed by atoms with Gasteiger partial charge in [-0.25, -0.2) is 0 Å². The zero-order valence-electron chi connectivity index (χ0n) is 9.60. The van der Waals surface area contributed by atoms with E-state index < -0.39 is 12.2 Å².